The van der Waals surface area contributed by atoms with Crippen LogP contribution in [0.5, 0.6) is 5.75 Å². The number of hydrogen-bond acceptors (Lipinski definition) is 6. The number of anilines is 2. The third-order valence-electron chi connectivity index (χ3n) is 5.68. The second-order valence-corrected chi connectivity index (χ2v) is 7.63. The van der Waals surface area contributed by atoms with E-state index < -0.39 is 0 Å². The fraction of sp³-hybridized carbons (Fsp3) is 0.450. The second kappa shape index (κ2) is 6.72. The molecule has 1 aliphatic rings. The summed E-state index contributed by atoms with van der Waals surface area (Å²) in [4.78, 5) is 11.7. The maximum absolute atomic E-state index is 6.08. The van der Waals surface area contributed by atoms with Crippen LogP contribution < -0.4 is 15.4 Å². The highest BCUT2D eigenvalue weighted by Crippen LogP contribution is 2.35. The van der Waals surface area contributed by atoms with Gasteiger partial charge in [-0.2, -0.15) is 5.10 Å². The van der Waals surface area contributed by atoms with Crippen molar-refractivity contribution in [3.63, 3.8) is 0 Å². The Morgan fingerprint density at radius 2 is 2.04 bits per heavy atom. The maximum Gasteiger partial charge on any atom is 0.181 e. The molecule has 1 atom stereocenters. The van der Waals surface area contributed by atoms with Gasteiger partial charge in [-0.25, -0.2) is 14.6 Å². The van der Waals surface area contributed by atoms with Crippen molar-refractivity contribution in [2.75, 3.05) is 30.8 Å². The smallest absolute Gasteiger partial charge is 0.181 e. The molecule has 3 heterocycles. The van der Waals surface area contributed by atoms with Crippen LogP contribution in [-0.4, -0.2) is 39.9 Å². The second-order valence-electron chi connectivity index (χ2n) is 7.63. The van der Waals surface area contributed by atoms with Crippen LogP contribution in [0.4, 0.5) is 11.6 Å². The van der Waals surface area contributed by atoms with E-state index in [9.17, 15) is 0 Å². The Balaban J connectivity index is 1.65. The molecule has 1 aromatic carbocycles. The van der Waals surface area contributed by atoms with Crippen molar-refractivity contribution in [2.45, 2.75) is 33.2 Å². The van der Waals surface area contributed by atoms with E-state index >= 15 is 0 Å². The third kappa shape index (κ3) is 3.29. The maximum atomic E-state index is 6.08. The number of benzene rings is 1. The summed E-state index contributed by atoms with van der Waals surface area (Å²) in [7, 11) is 1.66. The highest BCUT2D eigenvalue weighted by Gasteiger charge is 2.33. The molecule has 0 amide bonds. The minimum atomic E-state index is 0.346. The Bertz CT molecular complexity index is 951. The lowest BCUT2D eigenvalue weighted by Crippen LogP contribution is -2.25. The molecule has 2 aromatic heterocycles. The number of rotatable bonds is 5. The molecule has 27 heavy (non-hydrogen) atoms. The highest BCUT2D eigenvalue weighted by molar-refractivity contribution is 5.83. The first-order valence-corrected chi connectivity index (χ1v) is 9.38. The Labute approximate surface area is 159 Å². The van der Waals surface area contributed by atoms with Crippen molar-refractivity contribution < 1.29 is 4.74 Å². The largest absolute Gasteiger partial charge is 0.497 e. The number of aromatic nitrogens is 4. The number of nitrogens with zero attached hydrogens (tertiary/aromatic N) is 5. The van der Waals surface area contributed by atoms with Gasteiger partial charge < -0.3 is 15.4 Å². The molecule has 142 valence electrons. The van der Waals surface area contributed by atoms with Gasteiger partial charge in [0.1, 0.15) is 11.6 Å². The summed E-state index contributed by atoms with van der Waals surface area (Å²) in [6.07, 6.45) is 4.16. The average Bonchev–Trinajstić information content (AvgIpc) is 3.23. The van der Waals surface area contributed by atoms with Gasteiger partial charge in [0, 0.05) is 13.1 Å². The van der Waals surface area contributed by atoms with Crippen molar-refractivity contribution in [1.29, 1.82) is 0 Å². The summed E-state index contributed by atoms with van der Waals surface area (Å²) in [5.74, 6) is 2.15. The lowest BCUT2D eigenvalue weighted by molar-refractivity contribution is 0.355. The molecule has 0 saturated carbocycles. The molecule has 0 aliphatic carbocycles. The summed E-state index contributed by atoms with van der Waals surface area (Å²) < 4.78 is 7.05. The topological polar surface area (TPSA) is 82.1 Å². The molecule has 0 radical (unpaired) electrons. The first-order chi connectivity index (χ1) is 13.0. The van der Waals surface area contributed by atoms with Gasteiger partial charge in [0.25, 0.3) is 0 Å². The first-order valence-electron chi connectivity index (χ1n) is 9.38. The van der Waals surface area contributed by atoms with Gasteiger partial charge in [0.15, 0.2) is 17.0 Å². The van der Waals surface area contributed by atoms with Crippen molar-refractivity contribution >= 4 is 22.8 Å². The Morgan fingerprint density at radius 1 is 1.26 bits per heavy atom. The molecular formula is C20H26N6O. The van der Waals surface area contributed by atoms with Gasteiger partial charge in [-0.15, -0.1) is 0 Å². The van der Waals surface area contributed by atoms with Gasteiger partial charge in [-0.3, -0.25) is 0 Å². The fourth-order valence-electron chi connectivity index (χ4n) is 3.63. The number of methoxy groups -OCH3 is 1. The quantitative estimate of drug-likeness (QED) is 0.747. The van der Waals surface area contributed by atoms with E-state index in [1.165, 1.54) is 12.8 Å². The number of nitrogens with two attached hydrogens (primary N) is 1. The predicted molar refractivity (Wildman–Crippen MR) is 107 cm³/mol. The molecule has 4 rings (SSSR count). The third-order valence-corrected chi connectivity index (χ3v) is 5.68. The number of ether oxygens (including phenoxy) is 1. The van der Waals surface area contributed by atoms with Crippen LogP contribution in [-0.2, 0) is 6.54 Å². The lowest BCUT2D eigenvalue weighted by Gasteiger charge is -2.23. The normalized spacial score (nSPS) is 19.7. The molecule has 1 unspecified atom stereocenters. The molecule has 7 nitrogen and oxygen atoms in total. The van der Waals surface area contributed by atoms with E-state index in [4.69, 9.17) is 15.5 Å². The summed E-state index contributed by atoms with van der Waals surface area (Å²) in [6, 6.07) is 7.93. The Hall–Kier alpha value is -2.83. The van der Waals surface area contributed by atoms with Crippen LogP contribution >= 0.6 is 0 Å². The minimum Gasteiger partial charge on any atom is -0.497 e. The summed E-state index contributed by atoms with van der Waals surface area (Å²) >= 11 is 0. The molecule has 2 N–H and O–H groups in total. The lowest BCUT2D eigenvalue weighted by atomic mass is 9.87. The Kier molecular flexibility index (Phi) is 4.37. The minimum absolute atomic E-state index is 0.346. The van der Waals surface area contributed by atoms with E-state index in [-0.39, 0.29) is 0 Å². The molecule has 1 saturated heterocycles. The number of nitrogen functional groups attached to an aromatic ring is 1. The van der Waals surface area contributed by atoms with Crippen molar-refractivity contribution in [3.8, 4) is 5.75 Å². The molecule has 1 aliphatic heterocycles. The zero-order valence-corrected chi connectivity index (χ0v) is 16.1. The standard InChI is InChI=1S/C20H26N6O/c1-4-20(2)9-10-25(13-20)16-11-22-17-18(21)24-26(19(17)23-16)12-14-5-7-15(27-3)8-6-14/h5-8,11H,4,9-10,12-13H2,1-3H3,(H2,21,24). The van der Waals surface area contributed by atoms with Crippen LogP contribution in [0.3, 0.4) is 0 Å². The number of fused-ring (bicyclic) bond motifs is 1. The summed E-state index contributed by atoms with van der Waals surface area (Å²) in [6.45, 7) is 7.19. The summed E-state index contributed by atoms with van der Waals surface area (Å²) in [5.41, 5.74) is 8.91. The van der Waals surface area contributed by atoms with Crippen molar-refractivity contribution in [2.24, 2.45) is 5.41 Å². The molecule has 3 aromatic rings. The van der Waals surface area contributed by atoms with E-state index in [0.717, 1.165) is 35.9 Å². The summed E-state index contributed by atoms with van der Waals surface area (Å²) in [5, 5.41) is 4.46. The van der Waals surface area contributed by atoms with Gasteiger partial charge in [-0.1, -0.05) is 26.0 Å². The van der Waals surface area contributed by atoms with E-state index in [2.05, 4.69) is 28.8 Å². The van der Waals surface area contributed by atoms with Gasteiger partial charge in [-0.05, 0) is 36.0 Å². The van der Waals surface area contributed by atoms with Crippen LogP contribution in [0.25, 0.3) is 11.2 Å². The van der Waals surface area contributed by atoms with Crippen molar-refractivity contribution in [1.82, 2.24) is 19.7 Å². The van der Waals surface area contributed by atoms with Crippen LogP contribution in [0.1, 0.15) is 32.3 Å². The van der Waals surface area contributed by atoms with Crippen LogP contribution in [0.2, 0.25) is 0 Å². The fourth-order valence-corrected chi connectivity index (χ4v) is 3.63. The molecular weight excluding hydrogens is 340 g/mol. The highest BCUT2D eigenvalue weighted by atomic mass is 16.5. The van der Waals surface area contributed by atoms with Gasteiger partial charge in [0.2, 0.25) is 0 Å². The molecule has 1 fully saturated rings. The van der Waals surface area contributed by atoms with Gasteiger partial charge in [0.05, 0.1) is 19.9 Å². The molecule has 0 bridgehead atoms. The Morgan fingerprint density at radius 3 is 2.70 bits per heavy atom. The van der Waals surface area contributed by atoms with Crippen LogP contribution in [0.15, 0.2) is 30.5 Å². The molecule has 0 spiro atoms. The van der Waals surface area contributed by atoms with E-state index in [1.54, 1.807) is 7.11 Å². The SMILES string of the molecule is CCC1(C)CCN(c2cnc3c(N)nn(Cc4ccc(OC)cc4)c3n2)C1. The predicted octanol–water partition coefficient (Wildman–Crippen LogP) is 3.09. The van der Waals surface area contributed by atoms with Crippen LogP contribution in [0, 0.1) is 5.41 Å². The van der Waals surface area contributed by atoms with Crippen molar-refractivity contribution in [3.05, 3.63) is 36.0 Å². The first kappa shape index (κ1) is 17.6. The molecule has 7 heteroatoms. The zero-order valence-electron chi connectivity index (χ0n) is 16.1. The van der Waals surface area contributed by atoms with E-state index in [1.807, 2.05) is 35.1 Å². The van der Waals surface area contributed by atoms with Gasteiger partial charge >= 0.3 is 0 Å². The average molecular weight is 366 g/mol. The zero-order chi connectivity index (χ0) is 19.0. The number of hydrogen-bond donors (Lipinski definition) is 1. The van der Waals surface area contributed by atoms with E-state index in [0.29, 0.717) is 23.3 Å². The monoisotopic (exact) mass is 366 g/mol.